The van der Waals surface area contributed by atoms with E-state index in [1.165, 1.54) is 24.0 Å². The van der Waals surface area contributed by atoms with Crippen LogP contribution < -0.4 is 0 Å². The van der Waals surface area contributed by atoms with Crippen molar-refractivity contribution in [3.05, 3.63) is 106 Å². The fourth-order valence-corrected chi connectivity index (χ4v) is 6.34. The largest absolute Gasteiger partial charge is 0.303 e. The highest BCUT2D eigenvalue weighted by atomic mass is 35.5. The molecule has 2 fully saturated rings. The summed E-state index contributed by atoms with van der Waals surface area (Å²) in [5, 5.41) is 0.937. The molecule has 0 amide bonds. The van der Waals surface area contributed by atoms with Crippen molar-refractivity contribution < 1.29 is 4.79 Å². The summed E-state index contributed by atoms with van der Waals surface area (Å²) in [6, 6.07) is 27.0. The molecule has 34 heavy (non-hydrogen) atoms. The van der Waals surface area contributed by atoms with E-state index < -0.39 is 0 Å². The van der Waals surface area contributed by atoms with Gasteiger partial charge in [-0.3, -0.25) is 4.79 Å². The number of benzene rings is 3. The van der Waals surface area contributed by atoms with E-state index in [2.05, 4.69) is 65.6 Å². The molecule has 2 nitrogen and oxygen atoms in total. The predicted octanol–water partition coefficient (Wildman–Crippen LogP) is 7.87. The summed E-state index contributed by atoms with van der Waals surface area (Å²) in [4.78, 5) is 16.0. The molecule has 2 aliphatic rings. The Morgan fingerprint density at radius 3 is 2.09 bits per heavy atom. The smallest absolute Gasteiger partial charge is 0.166 e. The monoisotopic (exact) mass is 491 g/mol. The molecule has 0 radical (unpaired) electrons. The Morgan fingerprint density at radius 2 is 1.44 bits per heavy atom. The average molecular weight is 492 g/mol. The summed E-state index contributed by atoms with van der Waals surface area (Å²) in [5.41, 5.74) is 3.50. The second-order valence-corrected chi connectivity index (χ2v) is 10.7. The normalized spacial score (nSPS) is 23.8. The Kier molecular flexibility index (Phi) is 7.39. The Hall–Kier alpha value is -2.13. The molecule has 1 saturated heterocycles. The van der Waals surface area contributed by atoms with Crippen molar-refractivity contribution in [1.29, 1.82) is 0 Å². The van der Waals surface area contributed by atoms with Crippen molar-refractivity contribution in [3.63, 3.8) is 0 Å². The van der Waals surface area contributed by atoms with Crippen LogP contribution in [0.5, 0.6) is 0 Å². The highest BCUT2D eigenvalue weighted by Crippen LogP contribution is 2.45. The van der Waals surface area contributed by atoms with E-state index in [-0.39, 0.29) is 11.7 Å². The van der Waals surface area contributed by atoms with Crippen LogP contribution in [-0.2, 0) is 0 Å². The van der Waals surface area contributed by atoms with Crippen molar-refractivity contribution in [3.8, 4) is 0 Å². The average Bonchev–Trinajstić information content (AvgIpc) is 3.30. The topological polar surface area (TPSA) is 20.3 Å². The van der Waals surface area contributed by atoms with Gasteiger partial charge >= 0.3 is 0 Å². The SMILES string of the molecule is O=C(c1ccc(Cl)c(Cl)c1)C1C[C@H](CN2CCC(c3ccccc3)CC2)[C@@H](c2ccccc2)C1. The van der Waals surface area contributed by atoms with Crippen LogP contribution in [0.2, 0.25) is 10.0 Å². The molecule has 0 aromatic heterocycles. The highest BCUT2D eigenvalue weighted by molar-refractivity contribution is 6.42. The molecule has 3 aromatic carbocycles. The molecular weight excluding hydrogens is 461 g/mol. The molecule has 0 N–H and O–H groups in total. The summed E-state index contributed by atoms with van der Waals surface area (Å²) in [7, 11) is 0. The van der Waals surface area contributed by atoms with E-state index in [9.17, 15) is 4.79 Å². The van der Waals surface area contributed by atoms with Crippen molar-refractivity contribution in [2.45, 2.75) is 37.5 Å². The molecule has 176 valence electrons. The molecule has 1 unspecified atom stereocenters. The predicted molar refractivity (Wildman–Crippen MR) is 141 cm³/mol. The molecule has 4 heteroatoms. The Morgan fingerprint density at radius 1 is 0.794 bits per heavy atom. The van der Waals surface area contributed by atoms with E-state index in [0.29, 0.717) is 33.4 Å². The zero-order valence-corrected chi connectivity index (χ0v) is 20.9. The quantitative estimate of drug-likeness (QED) is 0.327. The van der Waals surface area contributed by atoms with Crippen LogP contribution in [0.15, 0.2) is 78.9 Å². The lowest BCUT2D eigenvalue weighted by molar-refractivity contribution is 0.0916. The number of hydrogen-bond acceptors (Lipinski definition) is 2. The highest BCUT2D eigenvalue weighted by Gasteiger charge is 2.40. The van der Waals surface area contributed by atoms with E-state index in [4.69, 9.17) is 23.2 Å². The molecule has 5 rings (SSSR count). The van der Waals surface area contributed by atoms with Gasteiger partial charge in [0.2, 0.25) is 0 Å². The van der Waals surface area contributed by atoms with Gasteiger partial charge in [0.25, 0.3) is 0 Å². The number of rotatable bonds is 6. The summed E-state index contributed by atoms with van der Waals surface area (Å²) in [6.45, 7) is 3.32. The summed E-state index contributed by atoms with van der Waals surface area (Å²) in [5.74, 6) is 1.77. The first-order chi connectivity index (χ1) is 16.6. The number of Topliss-reactive ketones (excluding diaryl/α,β-unsaturated/α-hetero) is 1. The van der Waals surface area contributed by atoms with Gasteiger partial charge in [-0.1, -0.05) is 83.9 Å². The lowest BCUT2D eigenvalue weighted by atomic mass is 9.86. The van der Waals surface area contributed by atoms with Crippen LogP contribution in [-0.4, -0.2) is 30.3 Å². The van der Waals surface area contributed by atoms with Gasteiger partial charge in [-0.2, -0.15) is 0 Å². The molecular formula is C30H31Cl2NO. The minimum absolute atomic E-state index is 0.0225. The maximum absolute atomic E-state index is 13.4. The minimum Gasteiger partial charge on any atom is -0.303 e. The fourth-order valence-electron chi connectivity index (χ4n) is 6.04. The number of ketones is 1. The van der Waals surface area contributed by atoms with E-state index in [1.807, 2.05) is 6.07 Å². The zero-order valence-electron chi connectivity index (χ0n) is 19.4. The van der Waals surface area contributed by atoms with Gasteiger partial charge in [0.1, 0.15) is 0 Å². The van der Waals surface area contributed by atoms with E-state index >= 15 is 0 Å². The molecule has 0 spiro atoms. The summed E-state index contributed by atoms with van der Waals surface area (Å²) in [6.07, 6.45) is 4.24. The molecule has 1 saturated carbocycles. The molecule has 3 aromatic rings. The molecule has 3 atom stereocenters. The van der Waals surface area contributed by atoms with Crippen LogP contribution in [0.3, 0.4) is 0 Å². The number of carbonyl (C=O) groups excluding carboxylic acids is 1. The number of carbonyl (C=O) groups is 1. The zero-order chi connectivity index (χ0) is 23.5. The van der Waals surface area contributed by atoms with Crippen LogP contribution in [0.25, 0.3) is 0 Å². The fraction of sp³-hybridized carbons (Fsp3) is 0.367. The Bertz CT molecular complexity index is 1110. The van der Waals surface area contributed by atoms with Gasteiger partial charge in [-0.05, 0) is 85.9 Å². The van der Waals surface area contributed by atoms with Crippen LogP contribution in [0.1, 0.15) is 59.0 Å². The van der Waals surface area contributed by atoms with Crippen LogP contribution in [0.4, 0.5) is 0 Å². The third kappa shape index (κ3) is 5.25. The Balaban J connectivity index is 1.28. The van der Waals surface area contributed by atoms with E-state index in [1.54, 1.807) is 12.1 Å². The third-order valence-electron chi connectivity index (χ3n) is 7.85. The Labute approximate surface area is 212 Å². The van der Waals surface area contributed by atoms with E-state index in [0.717, 1.165) is 32.5 Å². The van der Waals surface area contributed by atoms with Crippen LogP contribution >= 0.6 is 23.2 Å². The second kappa shape index (κ2) is 10.6. The number of nitrogens with zero attached hydrogens (tertiary/aromatic N) is 1. The number of hydrogen-bond donors (Lipinski definition) is 0. The molecule has 1 aliphatic heterocycles. The maximum atomic E-state index is 13.4. The molecule has 0 bridgehead atoms. The number of likely N-dealkylation sites (tertiary alicyclic amines) is 1. The van der Waals surface area contributed by atoms with Gasteiger partial charge in [0.15, 0.2) is 5.78 Å². The second-order valence-electron chi connectivity index (χ2n) is 9.92. The first-order valence-corrected chi connectivity index (χ1v) is 13.2. The van der Waals surface area contributed by atoms with Gasteiger partial charge in [0, 0.05) is 18.0 Å². The standard InChI is InChI=1S/C30H31Cl2NO/c31-28-12-11-24(19-29(28)32)30(34)25-17-26(27(18-25)23-9-5-2-6-10-23)20-33-15-13-22(14-16-33)21-7-3-1-4-8-21/h1-12,19,22,25-27H,13-18,20H2/t25?,26-,27-/m1/s1. The van der Waals surface area contributed by atoms with Crippen molar-refractivity contribution >= 4 is 29.0 Å². The summed E-state index contributed by atoms with van der Waals surface area (Å²) < 4.78 is 0. The van der Waals surface area contributed by atoms with Gasteiger partial charge in [0.05, 0.1) is 10.0 Å². The van der Waals surface area contributed by atoms with Crippen molar-refractivity contribution in [2.24, 2.45) is 11.8 Å². The van der Waals surface area contributed by atoms with Crippen molar-refractivity contribution in [2.75, 3.05) is 19.6 Å². The summed E-state index contributed by atoms with van der Waals surface area (Å²) >= 11 is 12.3. The lowest BCUT2D eigenvalue weighted by Crippen LogP contribution is -2.37. The third-order valence-corrected chi connectivity index (χ3v) is 8.59. The lowest BCUT2D eigenvalue weighted by Gasteiger charge is -2.35. The first kappa shape index (κ1) is 23.6. The maximum Gasteiger partial charge on any atom is 0.166 e. The molecule has 1 heterocycles. The number of halogens is 2. The van der Waals surface area contributed by atoms with Crippen LogP contribution in [0, 0.1) is 11.8 Å². The van der Waals surface area contributed by atoms with Crippen molar-refractivity contribution in [1.82, 2.24) is 4.90 Å². The van der Waals surface area contributed by atoms with Gasteiger partial charge in [-0.15, -0.1) is 0 Å². The minimum atomic E-state index is 0.0225. The van der Waals surface area contributed by atoms with Gasteiger partial charge in [-0.25, -0.2) is 0 Å². The molecule has 1 aliphatic carbocycles. The number of piperidine rings is 1. The van der Waals surface area contributed by atoms with Gasteiger partial charge < -0.3 is 4.90 Å². The first-order valence-electron chi connectivity index (χ1n) is 12.4.